The highest BCUT2D eigenvalue weighted by Gasteiger charge is 2.14. The van der Waals surface area contributed by atoms with E-state index in [-0.39, 0.29) is 6.04 Å². The molecule has 0 saturated carbocycles. The largest absolute Gasteiger partial charge is 0.324 e. The zero-order chi connectivity index (χ0) is 14.2. The zero-order valence-corrected chi connectivity index (χ0v) is 12.5. The van der Waals surface area contributed by atoms with Gasteiger partial charge in [-0.15, -0.1) is 0 Å². The van der Waals surface area contributed by atoms with Gasteiger partial charge in [0.1, 0.15) is 0 Å². The van der Waals surface area contributed by atoms with Gasteiger partial charge < -0.3 is 5.73 Å². The molecule has 1 nitrogen and oxygen atoms in total. The predicted molar refractivity (Wildman–Crippen MR) is 83.4 cm³/mol. The van der Waals surface area contributed by atoms with Crippen LogP contribution in [0.25, 0.3) is 11.1 Å². The summed E-state index contributed by atoms with van der Waals surface area (Å²) in [5.41, 5.74) is 15.4. The SMILES string of the molecule is Cc1cc(C)c(C)c(-c2ccccc2C(C)N)c1C. The first kappa shape index (κ1) is 13.8. The molecule has 1 heteroatoms. The lowest BCUT2D eigenvalue weighted by atomic mass is 9.86. The molecule has 2 aromatic carbocycles. The van der Waals surface area contributed by atoms with Crippen LogP contribution in [-0.4, -0.2) is 0 Å². The van der Waals surface area contributed by atoms with Gasteiger partial charge in [-0.2, -0.15) is 0 Å². The molecule has 2 N–H and O–H groups in total. The molecule has 0 heterocycles. The lowest BCUT2D eigenvalue weighted by molar-refractivity contribution is 0.820. The molecular formula is C18H23N. The molecule has 0 amide bonds. The Morgan fingerprint density at radius 2 is 1.42 bits per heavy atom. The molecule has 2 aromatic rings. The minimum atomic E-state index is 0.0517. The molecule has 2 rings (SSSR count). The highest BCUT2D eigenvalue weighted by atomic mass is 14.6. The molecule has 0 saturated heterocycles. The summed E-state index contributed by atoms with van der Waals surface area (Å²) < 4.78 is 0. The van der Waals surface area contributed by atoms with Gasteiger partial charge >= 0.3 is 0 Å². The second kappa shape index (κ2) is 5.18. The number of hydrogen-bond donors (Lipinski definition) is 1. The van der Waals surface area contributed by atoms with E-state index in [0.29, 0.717) is 0 Å². The second-order valence-corrected chi connectivity index (χ2v) is 5.51. The van der Waals surface area contributed by atoms with E-state index >= 15 is 0 Å². The van der Waals surface area contributed by atoms with Gasteiger partial charge in [-0.05, 0) is 73.6 Å². The van der Waals surface area contributed by atoms with Crippen LogP contribution < -0.4 is 5.73 Å². The van der Waals surface area contributed by atoms with Crippen LogP contribution in [0, 0.1) is 27.7 Å². The number of aryl methyl sites for hydroxylation is 2. The Hall–Kier alpha value is -1.60. The van der Waals surface area contributed by atoms with Gasteiger partial charge in [0.25, 0.3) is 0 Å². The van der Waals surface area contributed by atoms with Crippen molar-refractivity contribution in [3.63, 3.8) is 0 Å². The molecule has 1 atom stereocenters. The normalized spacial score (nSPS) is 12.5. The van der Waals surface area contributed by atoms with Crippen molar-refractivity contribution >= 4 is 0 Å². The summed E-state index contributed by atoms with van der Waals surface area (Å²) in [5.74, 6) is 0. The van der Waals surface area contributed by atoms with Crippen molar-refractivity contribution in [2.45, 2.75) is 40.7 Å². The van der Waals surface area contributed by atoms with E-state index in [1.54, 1.807) is 0 Å². The highest BCUT2D eigenvalue weighted by Crippen LogP contribution is 2.35. The molecule has 0 bridgehead atoms. The molecule has 1 unspecified atom stereocenters. The number of nitrogens with two attached hydrogens (primary N) is 1. The zero-order valence-electron chi connectivity index (χ0n) is 12.5. The smallest absolute Gasteiger partial charge is 0.0272 e. The van der Waals surface area contributed by atoms with Crippen LogP contribution in [0.2, 0.25) is 0 Å². The van der Waals surface area contributed by atoms with Crippen molar-refractivity contribution in [1.82, 2.24) is 0 Å². The van der Waals surface area contributed by atoms with Crippen LogP contribution in [0.5, 0.6) is 0 Å². The maximum Gasteiger partial charge on any atom is 0.0272 e. The maximum atomic E-state index is 6.13. The van der Waals surface area contributed by atoms with E-state index in [1.807, 2.05) is 6.92 Å². The topological polar surface area (TPSA) is 26.0 Å². The van der Waals surface area contributed by atoms with Crippen LogP contribution in [0.15, 0.2) is 30.3 Å². The number of rotatable bonds is 2. The third kappa shape index (κ3) is 2.43. The standard InChI is InChI=1S/C18H23N/c1-11-10-12(2)14(4)18(13(11)3)17-9-7-6-8-16(17)15(5)19/h6-10,15H,19H2,1-5H3. The average molecular weight is 253 g/mol. The van der Waals surface area contributed by atoms with Crippen molar-refractivity contribution in [3.05, 3.63) is 58.1 Å². The van der Waals surface area contributed by atoms with Gasteiger partial charge in [0.2, 0.25) is 0 Å². The van der Waals surface area contributed by atoms with Crippen LogP contribution in [-0.2, 0) is 0 Å². The Balaban J connectivity index is 2.80. The fourth-order valence-corrected chi connectivity index (χ4v) is 2.74. The van der Waals surface area contributed by atoms with Crippen molar-refractivity contribution < 1.29 is 0 Å². The summed E-state index contributed by atoms with van der Waals surface area (Å²) in [5, 5.41) is 0. The Labute approximate surface area is 116 Å². The van der Waals surface area contributed by atoms with E-state index in [2.05, 4.69) is 58.0 Å². The quantitative estimate of drug-likeness (QED) is 0.831. The number of hydrogen-bond acceptors (Lipinski definition) is 1. The minimum absolute atomic E-state index is 0.0517. The van der Waals surface area contributed by atoms with Crippen molar-refractivity contribution in [2.75, 3.05) is 0 Å². The van der Waals surface area contributed by atoms with E-state index in [9.17, 15) is 0 Å². The summed E-state index contributed by atoms with van der Waals surface area (Å²) in [6.45, 7) is 10.8. The van der Waals surface area contributed by atoms with Gasteiger partial charge in [0.15, 0.2) is 0 Å². The van der Waals surface area contributed by atoms with Crippen LogP contribution in [0.4, 0.5) is 0 Å². The van der Waals surface area contributed by atoms with E-state index in [1.165, 1.54) is 38.9 Å². The predicted octanol–water partition coefficient (Wildman–Crippen LogP) is 4.61. The second-order valence-electron chi connectivity index (χ2n) is 5.51. The molecule has 0 aliphatic heterocycles. The summed E-state index contributed by atoms with van der Waals surface area (Å²) in [6.07, 6.45) is 0. The maximum absolute atomic E-state index is 6.13. The summed E-state index contributed by atoms with van der Waals surface area (Å²) in [7, 11) is 0. The van der Waals surface area contributed by atoms with Gasteiger partial charge in [-0.3, -0.25) is 0 Å². The molecule has 0 aliphatic rings. The van der Waals surface area contributed by atoms with E-state index in [0.717, 1.165) is 0 Å². The van der Waals surface area contributed by atoms with Crippen LogP contribution in [0.1, 0.15) is 40.8 Å². The molecule has 0 fully saturated rings. The molecular weight excluding hydrogens is 230 g/mol. The summed E-state index contributed by atoms with van der Waals surface area (Å²) in [6, 6.07) is 10.8. The Morgan fingerprint density at radius 3 is 1.95 bits per heavy atom. The van der Waals surface area contributed by atoms with Gasteiger partial charge in [-0.1, -0.05) is 30.3 Å². The molecule has 19 heavy (non-hydrogen) atoms. The Morgan fingerprint density at radius 1 is 0.895 bits per heavy atom. The van der Waals surface area contributed by atoms with Gasteiger partial charge in [-0.25, -0.2) is 0 Å². The third-order valence-electron chi connectivity index (χ3n) is 4.09. The first-order chi connectivity index (χ1) is 8.93. The minimum Gasteiger partial charge on any atom is -0.324 e. The van der Waals surface area contributed by atoms with Crippen LogP contribution in [0.3, 0.4) is 0 Å². The highest BCUT2D eigenvalue weighted by molar-refractivity contribution is 5.76. The van der Waals surface area contributed by atoms with E-state index in [4.69, 9.17) is 5.73 Å². The molecule has 0 spiro atoms. The average Bonchev–Trinajstić information content (AvgIpc) is 2.37. The molecule has 0 aliphatic carbocycles. The first-order valence-corrected chi connectivity index (χ1v) is 6.85. The van der Waals surface area contributed by atoms with Gasteiger partial charge in [0.05, 0.1) is 0 Å². The van der Waals surface area contributed by atoms with Gasteiger partial charge in [0, 0.05) is 6.04 Å². The van der Waals surface area contributed by atoms with Crippen LogP contribution >= 0.6 is 0 Å². The fourth-order valence-electron chi connectivity index (χ4n) is 2.74. The first-order valence-electron chi connectivity index (χ1n) is 6.85. The summed E-state index contributed by atoms with van der Waals surface area (Å²) in [4.78, 5) is 0. The number of benzene rings is 2. The molecule has 100 valence electrons. The Bertz CT molecular complexity index is 583. The van der Waals surface area contributed by atoms with Crippen molar-refractivity contribution in [1.29, 1.82) is 0 Å². The lowest BCUT2D eigenvalue weighted by Gasteiger charge is -2.19. The molecule has 0 radical (unpaired) electrons. The Kier molecular flexibility index (Phi) is 3.77. The lowest BCUT2D eigenvalue weighted by Crippen LogP contribution is -2.07. The third-order valence-corrected chi connectivity index (χ3v) is 4.09. The van der Waals surface area contributed by atoms with Crippen molar-refractivity contribution in [2.24, 2.45) is 5.73 Å². The summed E-state index contributed by atoms with van der Waals surface area (Å²) >= 11 is 0. The molecule has 0 aromatic heterocycles. The fraction of sp³-hybridized carbons (Fsp3) is 0.333. The van der Waals surface area contributed by atoms with Crippen molar-refractivity contribution in [3.8, 4) is 11.1 Å². The monoisotopic (exact) mass is 253 g/mol. The van der Waals surface area contributed by atoms with E-state index < -0.39 is 0 Å².